The van der Waals surface area contributed by atoms with E-state index in [1.807, 2.05) is 36.4 Å². The van der Waals surface area contributed by atoms with Gasteiger partial charge in [-0.05, 0) is 42.2 Å². The molecule has 28 heavy (non-hydrogen) atoms. The maximum Gasteiger partial charge on any atom is 0.125 e. The van der Waals surface area contributed by atoms with Gasteiger partial charge in [0.25, 0.3) is 0 Å². The Hall–Kier alpha value is -2.08. The van der Waals surface area contributed by atoms with Crippen LogP contribution in [-0.2, 0) is 6.42 Å². The number of piperidine rings is 1. The van der Waals surface area contributed by atoms with Gasteiger partial charge in [0.1, 0.15) is 17.1 Å². The van der Waals surface area contributed by atoms with Gasteiger partial charge < -0.3 is 24.6 Å². The van der Waals surface area contributed by atoms with Gasteiger partial charge >= 0.3 is 0 Å². The highest BCUT2D eigenvalue weighted by Crippen LogP contribution is 2.44. The summed E-state index contributed by atoms with van der Waals surface area (Å²) in [6, 6.07) is 13.8. The van der Waals surface area contributed by atoms with Crippen molar-refractivity contribution in [2.75, 3.05) is 26.2 Å². The van der Waals surface area contributed by atoms with Crippen molar-refractivity contribution in [1.82, 2.24) is 4.90 Å². The number of aliphatic hydroxyl groups is 2. The molecule has 2 aromatic rings. The lowest BCUT2D eigenvalue weighted by Gasteiger charge is -2.46. The van der Waals surface area contributed by atoms with Crippen LogP contribution in [0.1, 0.15) is 48.2 Å². The molecule has 2 N–H and O–H groups in total. The number of β-amino-alcohol motifs (C(OH)–C–C–N with tert-alkyl or cyclic N) is 1. The maximum absolute atomic E-state index is 10.7. The summed E-state index contributed by atoms with van der Waals surface area (Å²) in [6.07, 6.45) is 2.33. The SMILES string of the molecule is O[C@H](CN1CCC2(CC1)C[C@H](O)c1ccccc1O2)c1ccc2c(c1)CCO2. The molecule has 0 amide bonds. The predicted molar refractivity (Wildman–Crippen MR) is 106 cm³/mol. The first-order valence-electron chi connectivity index (χ1n) is 10.2. The predicted octanol–water partition coefficient (Wildman–Crippen LogP) is 3.01. The molecule has 0 bridgehead atoms. The van der Waals surface area contributed by atoms with Crippen LogP contribution in [0.4, 0.5) is 0 Å². The van der Waals surface area contributed by atoms with Gasteiger partial charge in [0.05, 0.1) is 18.8 Å². The minimum Gasteiger partial charge on any atom is -0.493 e. The summed E-state index contributed by atoms with van der Waals surface area (Å²) >= 11 is 0. The van der Waals surface area contributed by atoms with Crippen LogP contribution in [0.5, 0.6) is 11.5 Å². The number of ether oxygens (including phenoxy) is 2. The summed E-state index contributed by atoms with van der Waals surface area (Å²) in [5.41, 5.74) is 2.76. The second kappa shape index (κ2) is 7.07. The highest BCUT2D eigenvalue weighted by Gasteiger charge is 2.42. The molecule has 0 aliphatic carbocycles. The second-order valence-corrected chi connectivity index (χ2v) is 8.32. The standard InChI is InChI=1S/C23H27NO4/c25-19-14-23(28-22-4-2-1-3-18(19)22)8-10-24(11-9-23)15-20(26)16-5-6-21-17(13-16)7-12-27-21/h1-6,13,19-20,25-26H,7-12,14-15H2/t19-,20+/m0/s1. The number of aliphatic hydroxyl groups excluding tert-OH is 2. The van der Waals surface area contributed by atoms with Crippen molar-refractivity contribution >= 4 is 0 Å². The zero-order valence-electron chi connectivity index (χ0n) is 16.0. The van der Waals surface area contributed by atoms with Crippen LogP contribution in [-0.4, -0.2) is 47.0 Å². The van der Waals surface area contributed by atoms with Crippen molar-refractivity contribution in [3.63, 3.8) is 0 Å². The highest BCUT2D eigenvalue weighted by atomic mass is 16.5. The molecule has 5 nitrogen and oxygen atoms in total. The molecule has 2 atom stereocenters. The fourth-order valence-electron chi connectivity index (χ4n) is 4.80. The van der Waals surface area contributed by atoms with E-state index in [0.29, 0.717) is 13.0 Å². The molecule has 1 saturated heterocycles. The summed E-state index contributed by atoms with van der Waals surface area (Å²) in [4.78, 5) is 2.30. The third kappa shape index (κ3) is 3.28. The number of fused-ring (bicyclic) bond motifs is 2. The van der Waals surface area contributed by atoms with E-state index in [-0.39, 0.29) is 5.60 Å². The fourth-order valence-corrected chi connectivity index (χ4v) is 4.80. The first kappa shape index (κ1) is 18.0. The first-order chi connectivity index (χ1) is 13.6. The molecular formula is C23H27NO4. The van der Waals surface area contributed by atoms with Gasteiger partial charge in [0.2, 0.25) is 0 Å². The molecule has 1 spiro atoms. The molecule has 0 radical (unpaired) electrons. The van der Waals surface area contributed by atoms with Crippen molar-refractivity contribution in [3.05, 3.63) is 59.2 Å². The minimum absolute atomic E-state index is 0.292. The number of hydrogen-bond donors (Lipinski definition) is 2. The van der Waals surface area contributed by atoms with Gasteiger partial charge in [-0.2, -0.15) is 0 Å². The van der Waals surface area contributed by atoms with Crippen LogP contribution >= 0.6 is 0 Å². The van der Waals surface area contributed by atoms with Crippen LogP contribution in [0, 0.1) is 0 Å². The summed E-state index contributed by atoms with van der Waals surface area (Å²) in [6.45, 7) is 3.08. The summed E-state index contributed by atoms with van der Waals surface area (Å²) < 4.78 is 11.9. The Balaban J connectivity index is 1.22. The molecule has 1 fully saturated rings. The van der Waals surface area contributed by atoms with Crippen LogP contribution in [0.2, 0.25) is 0 Å². The molecular weight excluding hydrogens is 354 g/mol. The molecule has 0 saturated carbocycles. The lowest BCUT2D eigenvalue weighted by molar-refractivity contribution is -0.0587. The normalized spacial score (nSPS) is 24.1. The van der Waals surface area contributed by atoms with E-state index >= 15 is 0 Å². The van der Waals surface area contributed by atoms with Crippen LogP contribution in [0.3, 0.4) is 0 Å². The number of rotatable bonds is 3. The highest BCUT2D eigenvalue weighted by molar-refractivity contribution is 5.40. The Morgan fingerprint density at radius 3 is 2.79 bits per heavy atom. The Morgan fingerprint density at radius 2 is 1.93 bits per heavy atom. The van der Waals surface area contributed by atoms with Gasteiger partial charge in [-0.25, -0.2) is 0 Å². The minimum atomic E-state index is -0.501. The number of likely N-dealkylation sites (tertiary alicyclic amines) is 1. The van der Waals surface area contributed by atoms with Gasteiger partial charge in [0.15, 0.2) is 0 Å². The number of benzene rings is 2. The third-order valence-corrected chi connectivity index (χ3v) is 6.47. The molecule has 148 valence electrons. The molecule has 3 heterocycles. The Bertz CT molecular complexity index is 859. The van der Waals surface area contributed by atoms with Crippen LogP contribution in [0.15, 0.2) is 42.5 Å². The van der Waals surface area contributed by atoms with Crippen molar-refractivity contribution < 1.29 is 19.7 Å². The van der Waals surface area contributed by atoms with E-state index in [4.69, 9.17) is 9.47 Å². The van der Waals surface area contributed by atoms with Gasteiger partial charge in [-0.15, -0.1) is 0 Å². The summed E-state index contributed by atoms with van der Waals surface area (Å²) in [7, 11) is 0. The third-order valence-electron chi connectivity index (χ3n) is 6.47. The molecule has 3 aliphatic rings. The Kier molecular flexibility index (Phi) is 4.54. The molecule has 5 rings (SSSR count). The van der Waals surface area contributed by atoms with E-state index < -0.39 is 12.2 Å². The van der Waals surface area contributed by atoms with E-state index in [1.165, 1.54) is 5.56 Å². The lowest BCUT2D eigenvalue weighted by Crippen LogP contribution is -2.51. The molecule has 3 aliphatic heterocycles. The zero-order chi connectivity index (χ0) is 19.1. The van der Waals surface area contributed by atoms with Crippen molar-refractivity contribution in [1.29, 1.82) is 0 Å². The van der Waals surface area contributed by atoms with Crippen molar-refractivity contribution in [2.24, 2.45) is 0 Å². The zero-order valence-corrected chi connectivity index (χ0v) is 16.0. The van der Waals surface area contributed by atoms with Crippen LogP contribution < -0.4 is 9.47 Å². The van der Waals surface area contributed by atoms with Crippen LogP contribution in [0.25, 0.3) is 0 Å². The number of nitrogens with zero attached hydrogens (tertiary/aromatic N) is 1. The quantitative estimate of drug-likeness (QED) is 0.856. The summed E-state index contributed by atoms with van der Waals surface area (Å²) in [5.74, 6) is 1.76. The molecule has 0 aromatic heterocycles. The summed E-state index contributed by atoms with van der Waals surface area (Å²) in [5, 5.41) is 21.3. The Labute approximate surface area is 165 Å². The first-order valence-corrected chi connectivity index (χ1v) is 10.2. The lowest BCUT2D eigenvalue weighted by atomic mass is 9.81. The largest absolute Gasteiger partial charge is 0.493 e. The van der Waals surface area contributed by atoms with Gasteiger partial charge in [0, 0.05) is 38.0 Å². The van der Waals surface area contributed by atoms with Crippen molar-refractivity contribution in [2.45, 2.75) is 43.5 Å². The smallest absolute Gasteiger partial charge is 0.125 e. The molecule has 5 heteroatoms. The Morgan fingerprint density at radius 1 is 1.11 bits per heavy atom. The second-order valence-electron chi connectivity index (χ2n) is 8.32. The molecule has 2 aromatic carbocycles. The number of para-hydroxylation sites is 1. The monoisotopic (exact) mass is 381 g/mol. The fraction of sp³-hybridized carbons (Fsp3) is 0.478. The van der Waals surface area contributed by atoms with E-state index in [9.17, 15) is 10.2 Å². The molecule has 0 unspecified atom stereocenters. The van der Waals surface area contributed by atoms with E-state index in [0.717, 1.165) is 61.6 Å². The topological polar surface area (TPSA) is 62.2 Å². The van der Waals surface area contributed by atoms with E-state index in [2.05, 4.69) is 11.0 Å². The van der Waals surface area contributed by atoms with Crippen molar-refractivity contribution in [3.8, 4) is 11.5 Å². The van der Waals surface area contributed by atoms with E-state index in [1.54, 1.807) is 0 Å². The average Bonchev–Trinajstić information content (AvgIpc) is 3.18. The maximum atomic E-state index is 10.7. The van der Waals surface area contributed by atoms with Gasteiger partial charge in [-0.3, -0.25) is 0 Å². The van der Waals surface area contributed by atoms with Gasteiger partial charge in [-0.1, -0.05) is 24.3 Å². The number of hydrogen-bond acceptors (Lipinski definition) is 5. The average molecular weight is 381 g/mol.